The number of likely N-dealkylation sites (N-methyl/N-ethyl adjacent to an activating group) is 1. The zero-order chi connectivity index (χ0) is 13.1. The molecule has 0 aliphatic carbocycles. The molecule has 0 spiro atoms. The smallest absolute Gasteiger partial charge is 0.253 e. The predicted molar refractivity (Wildman–Crippen MR) is 81.8 cm³/mol. The van der Waals surface area contributed by atoms with Crippen LogP contribution in [0.4, 0.5) is 0 Å². The molecule has 98 valence electrons. The maximum absolute atomic E-state index is 12.4. The van der Waals surface area contributed by atoms with Crippen LogP contribution in [0.3, 0.4) is 0 Å². The van der Waals surface area contributed by atoms with Crippen molar-refractivity contribution in [2.45, 2.75) is 18.9 Å². The van der Waals surface area contributed by atoms with Gasteiger partial charge in [0.1, 0.15) is 0 Å². The molecule has 1 unspecified atom stereocenters. The zero-order valence-corrected chi connectivity index (χ0v) is 13.1. The van der Waals surface area contributed by atoms with Crippen molar-refractivity contribution in [2.75, 3.05) is 27.2 Å². The van der Waals surface area contributed by atoms with Crippen LogP contribution in [0, 0.1) is 3.57 Å². The normalized spacial score (nSPS) is 20.2. The molecule has 0 radical (unpaired) electrons. The van der Waals surface area contributed by atoms with Gasteiger partial charge in [-0.3, -0.25) is 4.79 Å². The summed E-state index contributed by atoms with van der Waals surface area (Å²) in [4.78, 5) is 16.6. The summed E-state index contributed by atoms with van der Waals surface area (Å²) in [5, 5.41) is 0. The van der Waals surface area contributed by atoms with Crippen LogP contribution in [0.1, 0.15) is 23.2 Å². The fraction of sp³-hybridized carbons (Fsp3) is 0.500. The molecule has 1 aliphatic heterocycles. The van der Waals surface area contributed by atoms with E-state index in [9.17, 15) is 4.79 Å². The summed E-state index contributed by atoms with van der Waals surface area (Å²) in [6, 6.07) is 8.32. The second-order valence-electron chi connectivity index (χ2n) is 5.02. The van der Waals surface area contributed by atoms with Crippen LogP contribution >= 0.6 is 22.6 Å². The number of nitrogens with zero attached hydrogens (tertiary/aromatic N) is 2. The second kappa shape index (κ2) is 6.02. The van der Waals surface area contributed by atoms with Crippen molar-refractivity contribution in [2.24, 2.45) is 0 Å². The molecule has 1 fully saturated rings. The van der Waals surface area contributed by atoms with Gasteiger partial charge in [-0.1, -0.05) is 6.07 Å². The lowest BCUT2D eigenvalue weighted by Crippen LogP contribution is -2.47. The highest BCUT2D eigenvalue weighted by Gasteiger charge is 2.25. The zero-order valence-electron chi connectivity index (χ0n) is 10.9. The van der Waals surface area contributed by atoms with E-state index in [1.165, 1.54) is 6.42 Å². The third-order valence-electron chi connectivity index (χ3n) is 3.49. The number of piperidine rings is 1. The lowest BCUT2D eigenvalue weighted by molar-refractivity contribution is 0.0635. The topological polar surface area (TPSA) is 23.6 Å². The van der Waals surface area contributed by atoms with Crippen LogP contribution < -0.4 is 0 Å². The van der Waals surface area contributed by atoms with Gasteiger partial charge in [0.2, 0.25) is 0 Å². The molecule has 0 N–H and O–H groups in total. The first kappa shape index (κ1) is 13.8. The SMILES string of the molecule is CN(C)C1CCCN(C(=O)c2cccc(I)c2)C1. The number of likely N-dealkylation sites (tertiary alicyclic amines) is 1. The molecule has 1 aliphatic rings. The first-order valence-electron chi connectivity index (χ1n) is 6.29. The number of carbonyl (C=O) groups is 1. The largest absolute Gasteiger partial charge is 0.337 e. The Morgan fingerprint density at radius 2 is 2.22 bits per heavy atom. The van der Waals surface area contributed by atoms with E-state index in [4.69, 9.17) is 0 Å². The number of amides is 1. The molecule has 2 rings (SSSR count). The van der Waals surface area contributed by atoms with E-state index < -0.39 is 0 Å². The van der Waals surface area contributed by atoms with E-state index in [-0.39, 0.29) is 5.91 Å². The van der Waals surface area contributed by atoms with E-state index in [1.54, 1.807) is 0 Å². The summed E-state index contributed by atoms with van der Waals surface area (Å²) in [5.41, 5.74) is 0.807. The van der Waals surface area contributed by atoms with E-state index in [1.807, 2.05) is 29.2 Å². The number of carbonyl (C=O) groups excluding carboxylic acids is 1. The summed E-state index contributed by atoms with van der Waals surface area (Å²) in [7, 11) is 4.17. The second-order valence-corrected chi connectivity index (χ2v) is 6.27. The average Bonchev–Trinajstić information content (AvgIpc) is 2.38. The quantitative estimate of drug-likeness (QED) is 0.759. The van der Waals surface area contributed by atoms with E-state index in [2.05, 4.69) is 41.6 Å². The average molecular weight is 358 g/mol. The number of hydrogen-bond donors (Lipinski definition) is 0. The molecule has 0 aromatic heterocycles. The van der Waals surface area contributed by atoms with Crippen molar-refractivity contribution in [3.63, 3.8) is 0 Å². The molecule has 1 atom stereocenters. The number of benzene rings is 1. The standard InChI is InChI=1S/C14H19IN2O/c1-16(2)13-7-4-8-17(10-13)14(18)11-5-3-6-12(15)9-11/h3,5-6,9,13H,4,7-8,10H2,1-2H3. The van der Waals surface area contributed by atoms with Gasteiger partial charge in [-0.2, -0.15) is 0 Å². The Bertz CT molecular complexity index is 434. The molecule has 18 heavy (non-hydrogen) atoms. The van der Waals surface area contributed by atoms with Gasteiger partial charge in [-0.15, -0.1) is 0 Å². The van der Waals surface area contributed by atoms with E-state index >= 15 is 0 Å². The minimum absolute atomic E-state index is 0.167. The van der Waals surface area contributed by atoms with Crippen molar-refractivity contribution in [1.82, 2.24) is 9.80 Å². The minimum atomic E-state index is 0.167. The van der Waals surface area contributed by atoms with Crippen LogP contribution in [0.15, 0.2) is 24.3 Å². The lowest BCUT2D eigenvalue weighted by Gasteiger charge is -2.36. The van der Waals surface area contributed by atoms with Crippen molar-refractivity contribution in [3.8, 4) is 0 Å². The first-order chi connectivity index (χ1) is 8.58. The summed E-state index contributed by atoms with van der Waals surface area (Å²) < 4.78 is 1.11. The summed E-state index contributed by atoms with van der Waals surface area (Å²) in [6.07, 6.45) is 2.28. The molecule has 3 nitrogen and oxygen atoms in total. The Labute approximate surface area is 122 Å². The Morgan fingerprint density at radius 1 is 1.44 bits per heavy atom. The molecule has 1 aromatic carbocycles. The molecule has 0 bridgehead atoms. The Hall–Kier alpha value is -0.620. The van der Waals surface area contributed by atoms with Crippen molar-refractivity contribution in [1.29, 1.82) is 0 Å². The van der Waals surface area contributed by atoms with E-state index in [0.29, 0.717) is 6.04 Å². The van der Waals surface area contributed by atoms with Gasteiger partial charge in [-0.25, -0.2) is 0 Å². The van der Waals surface area contributed by atoms with Crippen molar-refractivity contribution < 1.29 is 4.79 Å². The highest BCUT2D eigenvalue weighted by Crippen LogP contribution is 2.17. The van der Waals surface area contributed by atoms with Gasteiger partial charge in [0.15, 0.2) is 0 Å². The number of halogens is 1. The Kier molecular flexibility index (Phi) is 4.61. The summed E-state index contributed by atoms with van der Waals surface area (Å²) in [6.45, 7) is 1.73. The van der Waals surface area contributed by atoms with E-state index in [0.717, 1.165) is 28.6 Å². The predicted octanol–water partition coefficient (Wildman–Crippen LogP) is 2.46. The Morgan fingerprint density at radius 3 is 2.89 bits per heavy atom. The van der Waals surface area contributed by atoms with Gasteiger partial charge in [0.25, 0.3) is 5.91 Å². The summed E-state index contributed by atoms with van der Waals surface area (Å²) in [5.74, 6) is 0.167. The van der Waals surface area contributed by atoms with Gasteiger partial charge in [0, 0.05) is 28.3 Å². The fourth-order valence-electron chi connectivity index (χ4n) is 2.36. The van der Waals surface area contributed by atoms with Crippen molar-refractivity contribution in [3.05, 3.63) is 33.4 Å². The maximum atomic E-state index is 12.4. The molecule has 1 heterocycles. The van der Waals surface area contributed by atoms with Crippen molar-refractivity contribution >= 4 is 28.5 Å². The van der Waals surface area contributed by atoms with Gasteiger partial charge >= 0.3 is 0 Å². The van der Waals surface area contributed by atoms with Crippen LogP contribution in [0.5, 0.6) is 0 Å². The third kappa shape index (κ3) is 3.23. The molecule has 1 saturated heterocycles. The number of hydrogen-bond acceptors (Lipinski definition) is 2. The number of rotatable bonds is 2. The fourth-order valence-corrected chi connectivity index (χ4v) is 2.91. The van der Waals surface area contributed by atoms with Crippen LogP contribution in [-0.4, -0.2) is 48.9 Å². The molecule has 1 amide bonds. The summed E-state index contributed by atoms with van der Waals surface area (Å²) >= 11 is 2.25. The van der Waals surface area contributed by atoms with Gasteiger partial charge < -0.3 is 9.80 Å². The van der Waals surface area contributed by atoms with Crippen LogP contribution in [0.25, 0.3) is 0 Å². The minimum Gasteiger partial charge on any atom is -0.337 e. The van der Waals surface area contributed by atoms with Gasteiger partial charge in [-0.05, 0) is 67.7 Å². The third-order valence-corrected chi connectivity index (χ3v) is 4.16. The van der Waals surface area contributed by atoms with Gasteiger partial charge in [0.05, 0.1) is 0 Å². The Balaban J connectivity index is 2.09. The maximum Gasteiger partial charge on any atom is 0.253 e. The monoisotopic (exact) mass is 358 g/mol. The highest BCUT2D eigenvalue weighted by atomic mass is 127. The molecule has 4 heteroatoms. The molecule has 1 aromatic rings. The molecule has 0 saturated carbocycles. The first-order valence-corrected chi connectivity index (χ1v) is 7.37. The molecular weight excluding hydrogens is 339 g/mol. The lowest BCUT2D eigenvalue weighted by atomic mass is 10.0. The highest BCUT2D eigenvalue weighted by molar-refractivity contribution is 14.1. The molecular formula is C14H19IN2O. The van der Waals surface area contributed by atoms with Crippen LogP contribution in [-0.2, 0) is 0 Å². The van der Waals surface area contributed by atoms with Crippen LogP contribution in [0.2, 0.25) is 0 Å².